The van der Waals surface area contributed by atoms with Crippen molar-refractivity contribution in [1.29, 1.82) is 0 Å². The minimum Gasteiger partial charge on any atom is -0.372 e. The second-order valence-corrected chi connectivity index (χ2v) is 8.76. The molecule has 0 unspecified atom stereocenters. The minimum absolute atomic E-state index is 0.135. The van der Waals surface area contributed by atoms with Gasteiger partial charge in [0, 0.05) is 28.5 Å². The van der Waals surface area contributed by atoms with Gasteiger partial charge in [-0.2, -0.15) is 0 Å². The Hall–Kier alpha value is -2.85. The van der Waals surface area contributed by atoms with Crippen LogP contribution < -0.4 is 10.6 Å². The molecule has 0 fully saturated rings. The molecule has 0 saturated heterocycles. The van der Waals surface area contributed by atoms with Crippen LogP contribution in [0.3, 0.4) is 0 Å². The molecule has 0 amide bonds. The van der Waals surface area contributed by atoms with Gasteiger partial charge in [-0.15, -0.1) is 11.3 Å². The summed E-state index contributed by atoms with van der Waals surface area (Å²) in [5, 5.41) is 9.36. The first-order chi connectivity index (χ1) is 14.2. The second-order valence-electron chi connectivity index (χ2n) is 7.78. The van der Waals surface area contributed by atoms with E-state index in [4.69, 9.17) is 0 Å². The summed E-state index contributed by atoms with van der Waals surface area (Å²) in [5.41, 5.74) is 6.46. The molecule has 2 N–H and O–H groups in total. The fourth-order valence-corrected chi connectivity index (χ4v) is 5.24. The summed E-state index contributed by atoms with van der Waals surface area (Å²) in [7, 11) is 0. The number of fused-ring (bicyclic) bond motifs is 1. The van der Waals surface area contributed by atoms with Gasteiger partial charge in [0.05, 0.1) is 17.4 Å². The lowest BCUT2D eigenvalue weighted by molar-refractivity contribution is -0.116. The lowest BCUT2D eigenvalue weighted by atomic mass is 9.80. The van der Waals surface area contributed by atoms with Crippen molar-refractivity contribution in [2.75, 3.05) is 10.6 Å². The molecule has 1 aliphatic carbocycles. The van der Waals surface area contributed by atoms with Gasteiger partial charge in [0.2, 0.25) is 0 Å². The van der Waals surface area contributed by atoms with E-state index in [9.17, 15) is 4.79 Å². The molecule has 2 heterocycles. The largest absolute Gasteiger partial charge is 0.372 e. The molecule has 146 valence electrons. The number of thiophene rings is 1. The number of ketones is 1. The molecule has 3 aromatic rings. The van der Waals surface area contributed by atoms with Gasteiger partial charge in [-0.1, -0.05) is 49.4 Å². The Morgan fingerprint density at radius 3 is 2.48 bits per heavy atom. The molecular weight excluding hydrogens is 376 g/mol. The maximum absolute atomic E-state index is 13.4. The number of aryl methyl sites for hydroxylation is 1. The number of carbonyl (C=O) groups excluding carboxylic acids is 1. The highest BCUT2D eigenvalue weighted by Gasteiger charge is 2.36. The lowest BCUT2D eigenvalue weighted by Gasteiger charge is -2.29. The summed E-state index contributed by atoms with van der Waals surface area (Å²) in [6, 6.07) is 21.0. The van der Waals surface area contributed by atoms with E-state index in [0.717, 1.165) is 41.1 Å². The zero-order chi connectivity index (χ0) is 19.8. The molecule has 0 radical (unpaired) electrons. The Morgan fingerprint density at radius 2 is 1.76 bits per heavy atom. The van der Waals surface area contributed by atoms with Gasteiger partial charge in [-0.25, -0.2) is 0 Å². The standard InChI is InChI=1S/C25H24N2OS/c1-2-16-9-11-17(12-10-16)25-24-21(26-19-6-3-4-7-20(19)27-25)14-18(15-22(24)28)23-8-5-13-29-23/h3-13,18,25-27H,2,14-15H2,1H3/t18-,25+/m1/s1. The fraction of sp³-hybridized carbons (Fsp3) is 0.240. The predicted molar refractivity (Wildman–Crippen MR) is 121 cm³/mol. The van der Waals surface area contributed by atoms with Crippen LogP contribution in [0.15, 0.2) is 77.3 Å². The van der Waals surface area contributed by atoms with Crippen LogP contribution in [-0.2, 0) is 11.2 Å². The SMILES string of the molecule is CCc1ccc([C@@H]2Nc3ccccc3NC3=C2C(=O)C[C@H](c2cccs2)C3)cc1. The molecule has 0 saturated carbocycles. The molecule has 2 aromatic carbocycles. The Kier molecular flexibility index (Phi) is 4.72. The number of hydrogen-bond acceptors (Lipinski definition) is 4. The predicted octanol–water partition coefficient (Wildman–Crippen LogP) is 6.29. The minimum atomic E-state index is -0.135. The lowest BCUT2D eigenvalue weighted by Crippen LogP contribution is -2.26. The number of anilines is 2. The molecule has 29 heavy (non-hydrogen) atoms. The molecule has 2 aliphatic rings. The van der Waals surface area contributed by atoms with Crippen molar-refractivity contribution in [2.24, 2.45) is 0 Å². The molecule has 1 aliphatic heterocycles. The average molecular weight is 401 g/mol. The Labute approximate surface area is 175 Å². The van der Waals surface area contributed by atoms with Crippen LogP contribution >= 0.6 is 11.3 Å². The van der Waals surface area contributed by atoms with Crippen molar-refractivity contribution in [3.8, 4) is 0 Å². The number of Topliss-reactive ketones (excluding diaryl/α,β-unsaturated/α-hetero) is 1. The first kappa shape index (κ1) is 18.2. The van der Waals surface area contributed by atoms with Gasteiger partial charge in [0.25, 0.3) is 0 Å². The summed E-state index contributed by atoms with van der Waals surface area (Å²) < 4.78 is 0. The van der Waals surface area contributed by atoms with Crippen LogP contribution in [0.25, 0.3) is 0 Å². The monoisotopic (exact) mass is 400 g/mol. The normalized spacial score (nSPS) is 20.9. The van der Waals surface area contributed by atoms with E-state index in [2.05, 4.69) is 71.5 Å². The Morgan fingerprint density at radius 1 is 0.966 bits per heavy atom. The van der Waals surface area contributed by atoms with E-state index in [1.807, 2.05) is 12.1 Å². The highest BCUT2D eigenvalue weighted by Crippen LogP contribution is 2.44. The average Bonchev–Trinajstić information content (AvgIpc) is 3.23. The first-order valence-corrected chi connectivity index (χ1v) is 11.1. The van der Waals surface area contributed by atoms with E-state index in [0.29, 0.717) is 6.42 Å². The van der Waals surface area contributed by atoms with Crippen molar-refractivity contribution in [1.82, 2.24) is 0 Å². The summed E-state index contributed by atoms with van der Waals surface area (Å²) >= 11 is 1.74. The zero-order valence-corrected chi connectivity index (χ0v) is 17.3. The Balaban J connectivity index is 1.60. The van der Waals surface area contributed by atoms with Crippen molar-refractivity contribution in [2.45, 2.75) is 38.1 Å². The third kappa shape index (κ3) is 3.38. The maximum Gasteiger partial charge on any atom is 0.163 e. The van der Waals surface area contributed by atoms with Crippen LogP contribution in [0.1, 0.15) is 47.7 Å². The van der Waals surface area contributed by atoms with E-state index >= 15 is 0 Å². The van der Waals surface area contributed by atoms with E-state index in [-0.39, 0.29) is 17.7 Å². The number of nitrogens with one attached hydrogen (secondary N) is 2. The van der Waals surface area contributed by atoms with Gasteiger partial charge in [0.1, 0.15) is 0 Å². The summed E-state index contributed by atoms with van der Waals surface area (Å²) in [6.45, 7) is 2.16. The molecule has 0 spiro atoms. The molecule has 2 atom stereocenters. The van der Waals surface area contributed by atoms with E-state index in [1.54, 1.807) is 11.3 Å². The van der Waals surface area contributed by atoms with Gasteiger partial charge < -0.3 is 10.6 Å². The van der Waals surface area contributed by atoms with Crippen molar-refractivity contribution < 1.29 is 4.79 Å². The van der Waals surface area contributed by atoms with Crippen molar-refractivity contribution >= 4 is 28.5 Å². The highest BCUT2D eigenvalue weighted by atomic mass is 32.1. The smallest absolute Gasteiger partial charge is 0.163 e. The molecular formula is C25H24N2OS. The number of carbonyl (C=O) groups is 1. The second kappa shape index (κ2) is 7.53. The number of allylic oxidation sites excluding steroid dienone is 1. The third-order valence-corrected chi connectivity index (χ3v) is 7.01. The quantitative estimate of drug-likeness (QED) is 0.543. The third-order valence-electron chi connectivity index (χ3n) is 5.98. The summed E-state index contributed by atoms with van der Waals surface area (Å²) in [4.78, 5) is 14.7. The van der Waals surface area contributed by atoms with E-state index < -0.39 is 0 Å². The number of hydrogen-bond donors (Lipinski definition) is 2. The van der Waals surface area contributed by atoms with Crippen molar-refractivity contribution in [3.63, 3.8) is 0 Å². The Bertz CT molecular complexity index is 1070. The van der Waals surface area contributed by atoms with Crippen LogP contribution in [0.5, 0.6) is 0 Å². The fourth-order valence-electron chi connectivity index (χ4n) is 4.41. The number of rotatable bonds is 3. The molecule has 5 rings (SSSR count). The maximum atomic E-state index is 13.4. The van der Waals surface area contributed by atoms with Crippen LogP contribution in [0, 0.1) is 0 Å². The van der Waals surface area contributed by atoms with Crippen LogP contribution in [0.4, 0.5) is 11.4 Å². The van der Waals surface area contributed by atoms with Gasteiger partial charge >= 0.3 is 0 Å². The number of benzene rings is 2. The van der Waals surface area contributed by atoms with Crippen LogP contribution in [-0.4, -0.2) is 5.78 Å². The molecule has 3 nitrogen and oxygen atoms in total. The number of para-hydroxylation sites is 2. The topological polar surface area (TPSA) is 41.1 Å². The molecule has 1 aromatic heterocycles. The zero-order valence-electron chi connectivity index (χ0n) is 16.4. The highest BCUT2D eigenvalue weighted by molar-refractivity contribution is 7.10. The van der Waals surface area contributed by atoms with Crippen LogP contribution in [0.2, 0.25) is 0 Å². The van der Waals surface area contributed by atoms with Gasteiger partial charge in [-0.05, 0) is 47.5 Å². The summed E-state index contributed by atoms with van der Waals surface area (Å²) in [5.74, 6) is 0.490. The van der Waals surface area contributed by atoms with E-state index in [1.165, 1.54) is 10.4 Å². The van der Waals surface area contributed by atoms with Gasteiger partial charge in [0.15, 0.2) is 5.78 Å². The van der Waals surface area contributed by atoms with Crippen molar-refractivity contribution in [3.05, 3.63) is 93.3 Å². The van der Waals surface area contributed by atoms with Gasteiger partial charge in [-0.3, -0.25) is 4.79 Å². The molecule has 4 heteroatoms. The molecule has 0 bridgehead atoms. The first-order valence-electron chi connectivity index (χ1n) is 10.2. The summed E-state index contributed by atoms with van der Waals surface area (Å²) in [6.07, 6.45) is 2.45.